The Kier molecular flexibility index (Phi) is 4.11. The number of carboxylic acids is 1. The van der Waals surface area contributed by atoms with Crippen LogP contribution >= 0.6 is 34.2 Å². The molecule has 0 radical (unpaired) electrons. The summed E-state index contributed by atoms with van der Waals surface area (Å²) in [4.78, 5) is 24.5. The summed E-state index contributed by atoms with van der Waals surface area (Å²) in [5.41, 5.74) is 0.848. The molecule has 2 rings (SSSR count). The third kappa shape index (κ3) is 2.61. The van der Waals surface area contributed by atoms with Crippen molar-refractivity contribution in [1.82, 2.24) is 0 Å². The molecular formula is C12H11ClINO3. The summed E-state index contributed by atoms with van der Waals surface area (Å²) >= 11 is 7.87. The maximum absolute atomic E-state index is 11.9. The highest BCUT2D eigenvalue weighted by molar-refractivity contribution is 14.1. The van der Waals surface area contributed by atoms with Crippen LogP contribution in [0.2, 0.25) is 0 Å². The zero-order chi connectivity index (χ0) is 13.3. The number of anilines is 1. The van der Waals surface area contributed by atoms with Crippen LogP contribution in [0.15, 0.2) is 18.2 Å². The van der Waals surface area contributed by atoms with E-state index in [1.165, 1.54) is 6.07 Å². The van der Waals surface area contributed by atoms with E-state index >= 15 is 0 Å². The molecule has 1 fully saturated rings. The largest absolute Gasteiger partial charge is 0.478 e. The van der Waals surface area contributed by atoms with Gasteiger partial charge < -0.3 is 10.0 Å². The van der Waals surface area contributed by atoms with Gasteiger partial charge in [0.1, 0.15) is 0 Å². The molecule has 1 aromatic rings. The van der Waals surface area contributed by atoms with Gasteiger partial charge in [-0.05, 0) is 46.7 Å². The zero-order valence-corrected chi connectivity index (χ0v) is 12.3. The molecule has 4 nitrogen and oxygen atoms in total. The second kappa shape index (κ2) is 5.44. The van der Waals surface area contributed by atoms with Crippen molar-refractivity contribution in [2.45, 2.75) is 6.42 Å². The van der Waals surface area contributed by atoms with Crippen LogP contribution in [0.4, 0.5) is 5.69 Å². The third-order valence-corrected chi connectivity index (χ3v) is 4.26. The zero-order valence-electron chi connectivity index (χ0n) is 9.40. The van der Waals surface area contributed by atoms with Gasteiger partial charge in [0, 0.05) is 22.4 Å². The van der Waals surface area contributed by atoms with E-state index in [1.54, 1.807) is 17.0 Å². The molecule has 0 bridgehead atoms. The molecule has 1 unspecified atom stereocenters. The Morgan fingerprint density at radius 2 is 2.28 bits per heavy atom. The van der Waals surface area contributed by atoms with Crippen molar-refractivity contribution in [1.29, 1.82) is 0 Å². The van der Waals surface area contributed by atoms with E-state index in [4.69, 9.17) is 16.7 Å². The van der Waals surface area contributed by atoms with Gasteiger partial charge in [-0.3, -0.25) is 4.79 Å². The molecule has 1 amide bonds. The summed E-state index contributed by atoms with van der Waals surface area (Å²) in [6, 6.07) is 4.78. The predicted molar refractivity (Wildman–Crippen MR) is 77.3 cm³/mol. The first-order valence-corrected chi connectivity index (χ1v) is 7.03. The topological polar surface area (TPSA) is 57.6 Å². The van der Waals surface area contributed by atoms with E-state index in [2.05, 4.69) is 22.6 Å². The average molecular weight is 380 g/mol. The fourth-order valence-electron chi connectivity index (χ4n) is 1.97. The fraction of sp³-hybridized carbons (Fsp3) is 0.333. The van der Waals surface area contributed by atoms with Crippen molar-refractivity contribution in [3.63, 3.8) is 0 Å². The van der Waals surface area contributed by atoms with Crippen LogP contribution in [0.25, 0.3) is 0 Å². The molecule has 1 atom stereocenters. The average Bonchev–Trinajstić information content (AvgIpc) is 2.71. The van der Waals surface area contributed by atoms with E-state index < -0.39 is 5.97 Å². The van der Waals surface area contributed by atoms with Gasteiger partial charge >= 0.3 is 5.97 Å². The lowest BCUT2D eigenvalue weighted by Gasteiger charge is -2.18. The lowest BCUT2D eigenvalue weighted by atomic mass is 10.1. The molecule has 0 aliphatic carbocycles. The number of carbonyl (C=O) groups is 2. The molecule has 1 N–H and O–H groups in total. The summed E-state index contributed by atoms with van der Waals surface area (Å²) in [7, 11) is 0. The lowest BCUT2D eigenvalue weighted by Crippen LogP contribution is -2.25. The molecule has 1 aliphatic heterocycles. The van der Waals surface area contributed by atoms with Crippen molar-refractivity contribution in [2.24, 2.45) is 5.92 Å². The molecular weight excluding hydrogens is 368 g/mol. The number of halogens is 2. The van der Waals surface area contributed by atoms with Crippen molar-refractivity contribution in [3.05, 3.63) is 27.3 Å². The number of hydrogen-bond donors (Lipinski definition) is 1. The summed E-state index contributed by atoms with van der Waals surface area (Å²) in [6.07, 6.45) is 0.427. The highest BCUT2D eigenvalue weighted by Crippen LogP contribution is 2.30. The molecule has 0 spiro atoms. The lowest BCUT2D eigenvalue weighted by molar-refractivity contribution is -0.117. The maximum atomic E-state index is 11.9. The van der Waals surface area contributed by atoms with Gasteiger partial charge in [0.15, 0.2) is 0 Å². The van der Waals surface area contributed by atoms with E-state index in [0.29, 0.717) is 24.5 Å². The predicted octanol–water partition coefficient (Wildman–Crippen LogP) is 2.58. The standard InChI is InChI=1S/C12H11ClINO3/c13-5-7-3-11(16)15(6-7)10-4-8(12(17)18)1-2-9(10)14/h1-2,4,7H,3,5-6H2,(H,17,18). The number of benzene rings is 1. The second-order valence-electron chi connectivity index (χ2n) is 4.20. The third-order valence-electron chi connectivity index (χ3n) is 2.91. The van der Waals surface area contributed by atoms with Gasteiger partial charge in [-0.15, -0.1) is 11.6 Å². The summed E-state index contributed by atoms with van der Waals surface area (Å²) in [5.74, 6) is -0.407. The van der Waals surface area contributed by atoms with Crippen LogP contribution in [0.5, 0.6) is 0 Å². The Bertz CT molecular complexity index is 506. The Morgan fingerprint density at radius 3 is 2.83 bits per heavy atom. The molecule has 96 valence electrons. The normalized spacial score (nSPS) is 19.3. The van der Waals surface area contributed by atoms with E-state index in [1.807, 2.05) is 0 Å². The summed E-state index contributed by atoms with van der Waals surface area (Å²) < 4.78 is 0.862. The molecule has 6 heteroatoms. The van der Waals surface area contributed by atoms with Crippen LogP contribution in [0.1, 0.15) is 16.8 Å². The van der Waals surface area contributed by atoms with Crippen molar-refractivity contribution < 1.29 is 14.7 Å². The second-order valence-corrected chi connectivity index (χ2v) is 5.67. The maximum Gasteiger partial charge on any atom is 0.335 e. The van der Waals surface area contributed by atoms with Crippen molar-refractivity contribution >= 4 is 51.8 Å². The van der Waals surface area contributed by atoms with Gasteiger partial charge in [0.25, 0.3) is 0 Å². The van der Waals surface area contributed by atoms with E-state index in [-0.39, 0.29) is 17.4 Å². The Morgan fingerprint density at radius 1 is 1.56 bits per heavy atom. The van der Waals surface area contributed by atoms with E-state index in [0.717, 1.165) is 3.57 Å². The molecule has 1 heterocycles. The molecule has 0 saturated carbocycles. The SMILES string of the molecule is O=C(O)c1ccc(I)c(N2CC(CCl)CC2=O)c1. The van der Waals surface area contributed by atoms with Crippen LogP contribution in [-0.4, -0.2) is 29.4 Å². The Hall–Kier alpha value is -0.820. The molecule has 1 aromatic carbocycles. The van der Waals surface area contributed by atoms with Crippen LogP contribution < -0.4 is 4.90 Å². The summed E-state index contributed by atoms with van der Waals surface area (Å²) in [6.45, 7) is 0.557. The van der Waals surface area contributed by atoms with Crippen molar-refractivity contribution in [3.8, 4) is 0 Å². The first kappa shape index (κ1) is 13.6. The molecule has 0 aromatic heterocycles. The van der Waals surface area contributed by atoms with Gasteiger partial charge in [-0.1, -0.05) is 0 Å². The van der Waals surface area contributed by atoms with Crippen LogP contribution in [0, 0.1) is 9.49 Å². The van der Waals surface area contributed by atoms with Gasteiger partial charge in [-0.2, -0.15) is 0 Å². The number of carboxylic acid groups (broad SMARTS) is 1. The number of nitrogens with zero attached hydrogens (tertiary/aromatic N) is 1. The molecule has 1 saturated heterocycles. The monoisotopic (exact) mass is 379 g/mol. The number of hydrogen-bond acceptors (Lipinski definition) is 2. The minimum atomic E-state index is -0.992. The Balaban J connectivity index is 2.35. The number of amides is 1. The summed E-state index contributed by atoms with van der Waals surface area (Å²) in [5, 5.41) is 8.98. The molecule has 18 heavy (non-hydrogen) atoms. The first-order chi connectivity index (χ1) is 8.52. The van der Waals surface area contributed by atoms with Crippen molar-refractivity contribution in [2.75, 3.05) is 17.3 Å². The number of carbonyl (C=O) groups excluding carboxylic acids is 1. The first-order valence-electron chi connectivity index (χ1n) is 5.42. The number of alkyl halides is 1. The van der Waals surface area contributed by atoms with Gasteiger partial charge in [0.2, 0.25) is 5.91 Å². The van der Waals surface area contributed by atoms with Crippen LogP contribution in [0.3, 0.4) is 0 Å². The Labute approximate surface area is 123 Å². The van der Waals surface area contributed by atoms with E-state index in [9.17, 15) is 9.59 Å². The van der Waals surface area contributed by atoms with Crippen LogP contribution in [-0.2, 0) is 4.79 Å². The molecule has 1 aliphatic rings. The highest BCUT2D eigenvalue weighted by atomic mass is 127. The smallest absolute Gasteiger partial charge is 0.335 e. The van der Waals surface area contributed by atoms with Gasteiger partial charge in [0.05, 0.1) is 11.3 Å². The quantitative estimate of drug-likeness (QED) is 0.649. The van der Waals surface area contributed by atoms with Gasteiger partial charge in [-0.25, -0.2) is 4.79 Å². The highest BCUT2D eigenvalue weighted by Gasteiger charge is 2.31. The number of aromatic carboxylic acids is 1. The minimum absolute atomic E-state index is 0.00102. The fourth-order valence-corrected chi connectivity index (χ4v) is 2.80. The number of rotatable bonds is 3. The minimum Gasteiger partial charge on any atom is -0.478 e.